The van der Waals surface area contributed by atoms with Crippen molar-refractivity contribution in [2.75, 3.05) is 5.32 Å². The lowest BCUT2D eigenvalue weighted by Gasteiger charge is -2.10. The van der Waals surface area contributed by atoms with Crippen LogP contribution in [0.2, 0.25) is 0 Å². The Morgan fingerprint density at radius 2 is 1.73 bits per heavy atom. The van der Waals surface area contributed by atoms with Crippen LogP contribution < -0.4 is 10.7 Å². The average Bonchev–Trinajstić information content (AvgIpc) is 3.52. The van der Waals surface area contributed by atoms with Crippen LogP contribution in [0, 0.1) is 5.92 Å². The van der Waals surface area contributed by atoms with Crippen molar-refractivity contribution in [1.82, 2.24) is 5.43 Å². The topological polar surface area (TPSA) is 90.8 Å². The molecule has 0 heterocycles. The molecule has 134 valence electrons. The van der Waals surface area contributed by atoms with Gasteiger partial charge in [0.25, 0.3) is 5.91 Å². The highest BCUT2D eigenvalue weighted by Gasteiger charge is 2.29. The first-order chi connectivity index (χ1) is 12.5. The normalized spacial score (nSPS) is 15.2. The molecule has 0 aliphatic heterocycles. The molecule has 0 spiro atoms. The Morgan fingerprint density at radius 1 is 1.08 bits per heavy atom. The van der Waals surface area contributed by atoms with Crippen LogP contribution >= 0.6 is 0 Å². The van der Waals surface area contributed by atoms with Crippen LogP contribution in [-0.4, -0.2) is 22.6 Å². The van der Waals surface area contributed by atoms with Crippen molar-refractivity contribution in [3.8, 4) is 0 Å². The third kappa shape index (κ3) is 4.55. The van der Waals surface area contributed by atoms with Crippen molar-refractivity contribution in [2.24, 2.45) is 11.0 Å². The summed E-state index contributed by atoms with van der Waals surface area (Å²) in [5, 5.41) is 16.9. The molecule has 3 N–H and O–H groups in total. The van der Waals surface area contributed by atoms with E-state index in [9.17, 15) is 14.7 Å². The number of nitrogens with zero attached hydrogens (tertiary/aromatic N) is 1. The van der Waals surface area contributed by atoms with E-state index < -0.39 is 12.0 Å². The van der Waals surface area contributed by atoms with E-state index in [0.29, 0.717) is 11.3 Å². The van der Waals surface area contributed by atoms with Crippen LogP contribution in [0.4, 0.5) is 5.69 Å². The minimum atomic E-state index is -1.27. The zero-order chi connectivity index (χ0) is 18.5. The van der Waals surface area contributed by atoms with Gasteiger partial charge in [-0.3, -0.25) is 9.59 Å². The number of hydrogen-bond acceptors (Lipinski definition) is 4. The molecular weight excluding hydrogens is 330 g/mol. The summed E-state index contributed by atoms with van der Waals surface area (Å²) in [7, 11) is 0. The molecule has 1 atom stereocenters. The van der Waals surface area contributed by atoms with E-state index in [0.717, 1.165) is 24.1 Å². The molecular formula is C20H21N3O3. The fourth-order valence-electron chi connectivity index (χ4n) is 2.44. The van der Waals surface area contributed by atoms with Gasteiger partial charge in [-0.05, 0) is 43.0 Å². The maximum absolute atomic E-state index is 12.0. The summed E-state index contributed by atoms with van der Waals surface area (Å²) in [6, 6.07) is 15.9. The van der Waals surface area contributed by atoms with Crippen molar-refractivity contribution < 1.29 is 14.7 Å². The molecule has 6 nitrogen and oxygen atoms in total. The molecule has 0 bridgehead atoms. The van der Waals surface area contributed by atoms with Crippen LogP contribution in [0.15, 0.2) is 59.7 Å². The Balaban J connectivity index is 1.58. The number of amides is 2. The number of rotatable bonds is 6. The molecule has 0 saturated heterocycles. The van der Waals surface area contributed by atoms with Gasteiger partial charge in [-0.25, -0.2) is 5.43 Å². The first-order valence-corrected chi connectivity index (χ1v) is 8.53. The standard InChI is InChI=1S/C20H21N3O3/c1-13(22-23-20(26)18(24)15-5-3-2-4-6-15)14-9-11-17(12-10-14)21-19(25)16-7-8-16/h2-6,9-12,16,18,24H,7-8H2,1H3,(H,21,25)(H,23,26). The maximum atomic E-state index is 12.0. The Kier molecular flexibility index (Phi) is 5.43. The SMILES string of the molecule is CC(=NNC(=O)C(O)c1ccccc1)c1ccc(NC(=O)C2CC2)cc1. The first-order valence-electron chi connectivity index (χ1n) is 8.53. The Bertz CT molecular complexity index is 812. The van der Waals surface area contributed by atoms with E-state index in [-0.39, 0.29) is 11.8 Å². The monoisotopic (exact) mass is 351 g/mol. The van der Waals surface area contributed by atoms with Gasteiger partial charge in [0.15, 0.2) is 6.10 Å². The molecule has 26 heavy (non-hydrogen) atoms. The summed E-state index contributed by atoms with van der Waals surface area (Å²) in [4.78, 5) is 23.8. The van der Waals surface area contributed by atoms with Crippen molar-refractivity contribution in [1.29, 1.82) is 0 Å². The van der Waals surface area contributed by atoms with Gasteiger partial charge in [0, 0.05) is 11.6 Å². The molecule has 1 aliphatic carbocycles. The summed E-state index contributed by atoms with van der Waals surface area (Å²) in [6.45, 7) is 1.76. The molecule has 0 radical (unpaired) electrons. The largest absolute Gasteiger partial charge is 0.378 e. The highest BCUT2D eigenvalue weighted by atomic mass is 16.3. The molecule has 2 aromatic carbocycles. The summed E-state index contributed by atoms with van der Waals surface area (Å²) in [5.74, 6) is -0.376. The summed E-state index contributed by atoms with van der Waals surface area (Å²) >= 11 is 0. The van der Waals surface area contributed by atoms with Crippen molar-refractivity contribution >= 4 is 23.2 Å². The van der Waals surface area contributed by atoms with Crippen LogP contribution in [0.1, 0.15) is 37.0 Å². The summed E-state index contributed by atoms with van der Waals surface area (Å²) < 4.78 is 0. The minimum absolute atomic E-state index is 0.0605. The summed E-state index contributed by atoms with van der Waals surface area (Å²) in [6.07, 6.45) is 0.654. The van der Waals surface area contributed by atoms with Crippen molar-refractivity contribution in [3.63, 3.8) is 0 Å². The Hall–Kier alpha value is -2.99. The fraction of sp³-hybridized carbons (Fsp3) is 0.250. The van der Waals surface area contributed by atoms with Gasteiger partial charge in [-0.2, -0.15) is 5.10 Å². The van der Waals surface area contributed by atoms with E-state index in [2.05, 4.69) is 15.8 Å². The maximum Gasteiger partial charge on any atom is 0.273 e. The lowest BCUT2D eigenvalue weighted by molar-refractivity contribution is -0.129. The second-order valence-corrected chi connectivity index (χ2v) is 6.33. The zero-order valence-electron chi connectivity index (χ0n) is 14.5. The van der Waals surface area contributed by atoms with Gasteiger partial charge in [0.2, 0.25) is 5.91 Å². The number of aliphatic hydroxyl groups is 1. The second-order valence-electron chi connectivity index (χ2n) is 6.33. The van der Waals surface area contributed by atoms with Gasteiger partial charge in [-0.1, -0.05) is 42.5 Å². The molecule has 1 unspecified atom stereocenters. The first kappa shape index (κ1) is 17.8. The van der Waals surface area contributed by atoms with Crippen LogP contribution in [0.25, 0.3) is 0 Å². The highest BCUT2D eigenvalue weighted by Crippen LogP contribution is 2.30. The van der Waals surface area contributed by atoms with E-state index in [1.807, 2.05) is 18.2 Å². The third-order valence-corrected chi connectivity index (χ3v) is 4.22. The molecule has 2 amide bonds. The van der Waals surface area contributed by atoms with Gasteiger partial charge in [0.05, 0.1) is 5.71 Å². The number of hydrogen-bond donors (Lipinski definition) is 3. The number of anilines is 1. The van der Waals surface area contributed by atoms with E-state index >= 15 is 0 Å². The number of carbonyl (C=O) groups is 2. The fourth-order valence-corrected chi connectivity index (χ4v) is 2.44. The molecule has 1 aliphatic rings. The lowest BCUT2D eigenvalue weighted by atomic mass is 10.1. The number of aliphatic hydroxyl groups excluding tert-OH is 1. The summed E-state index contributed by atoms with van der Waals surface area (Å²) in [5.41, 5.74) is 5.03. The van der Waals surface area contributed by atoms with Gasteiger partial charge < -0.3 is 10.4 Å². The van der Waals surface area contributed by atoms with E-state index in [4.69, 9.17) is 0 Å². The molecule has 1 fully saturated rings. The zero-order valence-corrected chi connectivity index (χ0v) is 14.5. The quantitative estimate of drug-likeness (QED) is 0.552. The molecule has 3 rings (SSSR count). The molecule has 0 aromatic heterocycles. The number of hydrazone groups is 1. The molecule has 6 heteroatoms. The van der Waals surface area contributed by atoms with E-state index in [1.54, 1.807) is 43.3 Å². The molecule has 1 saturated carbocycles. The smallest absolute Gasteiger partial charge is 0.273 e. The predicted molar refractivity (Wildman–Crippen MR) is 99.6 cm³/mol. The Morgan fingerprint density at radius 3 is 2.35 bits per heavy atom. The Labute approximate surface area is 151 Å². The number of benzene rings is 2. The van der Waals surface area contributed by atoms with Crippen LogP contribution in [0.3, 0.4) is 0 Å². The minimum Gasteiger partial charge on any atom is -0.378 e. The number of carbonyl (C=O) groups excluding carboxylic acids is 2. The third-order valence-electron chi connectivity index (χ3n) is 4.22. The van der Waals surface area contributed by atoms with Crippen LogP contribution in [-0.2, 0) is 9.59 Å². The van der Waals surface area contributed by atoms with Gasteiger partial charge >= 0.3 is 0 Å². The lowest BCUT2D eigenvalue weighted by Crippen LogP contribution is -2.26. The highest BCUT2D eigenvalue weighted by molar-refractivity contribution is 6.00. The predicted octanol–water partition coefficient (Wildman–Crippen LogP) is 2.61. The van der Waals surface area contributed by atoms with E-state index in [1.165, 1.54) is 0 Å². The molecule has 2 aromatic rings. The van der Waals surface area contributed by atoms with Crippen LogP contribution in [0.5, 0.6) is 0 Å². The number of nitrogens with one attached hydrogen (secondary N) is 2. The average molecular weight is 351 g/mol. The van der Waals surface area contributed by atoms with Gasteiger partial charge in [-0.15, -0.1) is 0 Å². The van der Waals surface area contributed by atoms with Gasteiger partial charge in [0.1, 0.15) is 0 Å². The second kappa shape index (κ2) is 7.93. The van der Waals surface area contributed by atoms with Crippen molar-refractivity contribution in [3.05, 3.63) is 65.7 Å². The van der Waals surface area contributed by atoms with Crippen molar-refractivity contribution in [2.45, 2.75) is 25.9 Å².